The molecule has 0 aliphatic rings. The van der Waals surface area contributed by atoms with E-state index in [0.717, 1.165) is 11.8 Å². The van der Waals surface area contributed by atoms with E-state index in [1.165, 1.54) is 12.1 Å². The predicted octanol–water partition coefficient (Wildman–Crippen LogP) is 4.08. The number of amides is 2. The Morgan fingerprint density at radius 3 is 2.27 bits per heavy atom. The SMILES string of the molecule is COc1ccc(NC(=O)CSc2nnc(CNC(=O)c3ccc(OC)cc3)n2-c2cccc(F)c2)cc1. The summed E-state index contributed by atoms with van der Waals surface area (Å²) in [4.78, 5) is 25.1. The van der Waals surface area contributed by atoms with Crippen LogP contribution in [0.15, 0.2) is 78.0 Å². The number of thioether (sulfide) groups is 1. The highest BCUT2D eigenvalue weighted by atomic mass is 32.2. The van der Waals surface area contributed by atoms with Gasteiger partial charge in [-0.1, -0.05) is 17.8 Å². The Labute approximate surface area is 217 Å². The van der Waals surface area contributed by atoms with E-state index in [2.05, 4.69) is 20.8 Å². The number of ether oxygens (including phenoxy) is 2. The summed E-state index contributed by atoms with van der Waals surface area (Å²) in [5, 5.41) is 14.4. The summed E-state index contributed by atoms with van der Waals surface area (Å²) in [7, 11) is 3.12. The van der Waals surface area contributed by atoms with Gasteiger partial charge >= 0.3 is 0 Å². The molecule has 0 fully saturated rings. The van der Waals surface area contributed by atoms with Crippen molar-refractivity contribution in [3.05, 3.63) is 90.0 Å². The van der Waals surface area contributed by atoms with Gasteiger partial charge in [-0.15, -0.1) is 10.2 Å². The number of aromatic nitrogens is 3. The number of methoxy groups -OCH3 is 2. The molecule has 0 bridgehead atoms. The van der Waals surface area contributed by atoms with Gasteiger partial charge in [0.15, 0.2) is 11.0 Å². The van der Waals surface area contributed by atoms with Gasteiger partial charge in [0.25, 0.3) is 5.91 Å². The van der Waals surface area contributed by atoms with E-state index in [0.29, 0.717) is 39.4 Å². The maximum Gasteiger partial charge on any atom is 0.251 e. The summed E-state index contributed by atoms with van der Waals surface area (Å²) in [6, 6.07) is 19.6. The van der Waals surface area contributed by atoms with Crippen LogP contribution in [-0.4, -0.2) is 46.6 Å². The summed E-state index contributed by atoms with van der Waals surface area (Å²) in [6.07, 6.45) is 0. The van der Waals surface area contributed by atoms with Crippen LogP contribution < -0.4 is 20.1 Å². The summed E-state index contributed by atoms with van der Waals surface area (Å²) >= 11 is 1.14. The van der Waals surface area contributed by atoms with Crippen LogP contribution in [0.3, 0.4) is 0 Å². The molecule has 9 nitrogen and oxygen atoms in total. The lowest BCUT2D eigenvalue weighted by molar-refractivity contribution is -0.113. The van der Waals surface area contributed by atoms with Crippen molar-refractivity contribution < 1.29 is 23.5 Å². The summed E-state index contributed by atoms with van der Waals surface area (Å²) in [5.74, 6) is 0.737. The number of benzene rings is 3. The molecule has 0 aliphatic carbocycles. The Balaban J connectivity index is 1.47. The van der Waals surface area contributed by atoms with Gasteiger partial charge in [-0.3, -0.25) is 14.2 Å². The second-order valence-corrected chi connectivity index (χ2v) is 8.63. The number of hydrogen-bond acceptors (Lipinski definition) is 7. The normalized spacial score (nSPS) is 10.6. The number of carbonyl (C=O) groups excluding carboxylic acids is 2. The third-order valence-electron chi connectivity index (χ3n) is 5.23. The molecule has 4 rings (SSSR count). The maximum absolute atomic E-state index is 14.0. The third-order valence-corrected chi connectivity index (χ3v) is 6.16. The van der Waals surface area contributed by atoms with Gasteiger partial charge in [-0.05, 0) is 66.7 Å². The number of rotatable bonds is 10. The van der Waals surface area contributed by atoms with Crippen LogP contribution in [0, 0.1) is 5.82 Å². The first-order valence-electron chi connectivity index (χ1n) is 11.2. The number of nitrogens with zero attached hydrogens (tertiary/aromatic N) is 3. The molecule has 1 heterocycles. The van der Waals surface area contributed by atoms with Crippen LogP contribution in [0.4, 0.5) is 10.1 Å². The Morgan fingerprint density at radius 1 is 0.946 bits per heavy atom. The first-order valence-corrected chi connectivity index (χ1v) is 12.1. The highest BCUT2D eigenvalue weighted by Gasteiger charge is 2.18. The minimum Gasteiger partial charge on any atom is -0.497 e. The first kappa shape index (κ1) is 25.7. The van der Waals surface area contributed by atoms with Crippen LogP contribution in [0.25, 0.3) is 5.69 Å². The molecule has 37 heavy (non-hydrogen) atoms. The Hall–Kier alpha value is -4.38. The van der Waals surface area contributed by atoms with Crippen molar-refractivity contribution in [3.8, 4) is 17.2 Å². The smallest absolute Gasteiger partial charge is 0.251 e. The monoisotopic (exact) mass is 521 g/mol. The lowest BCUT2D eigenvalue weighted by atomic mass is 10.2. The Morgan fingerprint density at radius 2 is 1.62 bits per heavy atom. The van der Waals surface area contributed by atoms with E-state index in [9.17, 15) is 14.0 Å². The third kappa shape index (κ3) is 6.64. The molecule has 1 aromatic heterocycles. The summed E-state index contributed by atoms with van der Waals surface area (Å²) < 4.78 is 25.9. The van der Waals surface area contributed by atoms with Gasteiger partial charge in [-0.25, -0.2) is 4.39 Å². The van der Waals surface area contributed by atoms with Crippen molar-refractivity contribution in [1.29, 1.82) is 0 Å². The molecular weight excluding hydrogens is 497 g/mol. The molecule has 2 amide bonds. The second kappa shape index (κ2) is 12.0. The number of nitrogens with one attached hydrogen (secondary N) is 2. The van der Waals surface area contributed by atoms with Crippen molar-refractivity contribution in [2.45, 2.75) is 11.7 Å². The Kier molecular flexibility index (Phi) is 8.37. The van der Waals surface area contributed by atoms with Crippen molar-refractivity contribution in [2.75, 3.05) is 25.3 Å². The van der Waals surface area contributed by atoms with E-state index in [-0.39, 0.29) is 24.1 Å². The molecule has 3 aromatic carbocycles. The van der Waals surface area contributed by atoms with Crippen LogP contribution in [-0.2, 0) is 11.3 Å². The van der Waals surface area contributed by atoms with Gasteiger partial charge in [0, 0.05) is 11.3 Å². The van der Waals surface area contributed by atoms with Crippen LogP contribution in [0.1, 0.15) is 16.2 Å². The average molecular weight is 522 g/mol. The van der Waals surface area contributed by atoms with E-state index in [1.807, 2.05) is 0 Å². The number of carbonyl (C=O) groups is 2. The highest BCUT2D eigenvalue weighted by molar-refractivity contribution is 7.99. The van der Waals surface area contributed by atoms with Gasteiger partial charge in [-0.2, -0.15) is 0 Å². The minimum atomic E-state index is -0.437. The molecule has 4 aromatic rings. The maximum atomic E-state index is 14.0. The highest BCUT2D eigenvalue weighted by Crippen LogP contribution is 2.23. The topological polar surface area (TPSA) is 107 Å². The van der Waals surface area contributed by atoms with Crippen LogP contribution in [0.2, 0.25) is 0 Å². The van der Waals surface area contributed by atoms with Crippen molar-refractivity contribution >= 4 is 29.3 Å². The van der Waals surface area contributed by atoms with E-state index < -0.39 is 5.82 Å². The van der Waals surface area contributed by atoms with Gasteiger partial charge < -0.3 is 20.1 Å². The number of hydrogen-bond donors (Lipinski definition) is 2. The molecule has 11 heteroatoms. The van der Waals surface area contributed by atoms with Crippen molar-refractivity contribution in [3.63, 3.8) is 0 Å². The fourth-order valence-corrected chi connectivity index (χ4v) is 4.16. The molecule has 0 saturated carbocycles. The van der Waals surface area contributed by atoms with Gasteiger partial charge in [0.2, 0.25) is 5.91 Å². The number of halogens is 1. The molecule has 0 aliphatic heterocycles. The zero-order valence-electron chi connectivity index (χ0n) is 20.1. The standard InChI is InChI=1S/C26H24FN5O4S/c1-35-21-10-6-17(7-11-21)25(34)28-15-23-30-31-26(32(23)20-5-3-4-18(27)14-20)37-16-24(33)29-19-8-12-22(36-2)13-9-19/h3-14H,15-16H2,1-2H3,(H,28,34)(H,29,33). The van der Waals surface area contributed by atoms with Crippen LogP contribution in [0.5, 0.6) is 11.5 Å². The lowest BCUT2D eigenvalue weighted by Crippen LogP contribution is -2.24. The fourth-order valence-electron chi connectivity index (χ4n) is 3.39. The largest absolute Gasteiger partial charge is 0.497 e. The van der Waals surface area contributed by atoms with Crippen molar-refractivity contribution in [2.24, 2.45) is 0 Å². The molecule has 190 valence electrons. The van der Waals surface area contributed by atoms with E-state index in [4.69, 9.17) is 9.47 Å². The predicted molar refractivity (Wildman–Crippen MR) is 138 cm³/mol. The molecule has 0 saturated heterocycles. The molecule has 0 spiro atoms. The lowest BCUT2D eigenvalue weighted by Gasteiger charge is -2.11. The number of anilines is 1. The van der Waals surface area contributed by atoms with Crippen LogP contribution >= 0.6 is 11.8 Å². The van der Waals surface area contributed by atoms with Crippen molar-refractivity contribution in [1.82, 2.24) is 20.1 Å². The van der Waals surface area contributed by atoms with E-state index in [1.54, 1.807) is 79.5 Å². The summed E-state index contributed by atoms with van der Waals surface area (Å²) in [6.45, 7) is 0.0347. The first-order chi connectivity index (χ1) is 18.0. The molecule has 0 atom stereocenters. The average Bonchev–Trinajstić information content (AvgIpc) is 3.34. The molecule has 0 radical (unpaired) electrons. The Bertz CT molecular complexity index is 1380. The molecule has 0 unspecified atom stereocenters. The molecular formula is C26H24FN5O4S. The summed E-state index contributed by atoms with van der Waals surface area (Å²) in [5.41, 5.74) is 1.54. The zero-order chi connectivity index (χ0) is 26.2. The quantitative estimate of drug-likeness (QED) is 0.303. The zero-order valence-corrected chi connectivity index (χ0v) is 20.9. The van der Waals surface area contributed by atoms with Gasteiger partial charge in [0.05, 0.1) is 32.2 Å². The molecule has 2 N–H and O–H groups in total. The second-order valence-electron chi connectivity index (χ2n) is 7.69. The fraction of sp³-hybridized carbons (Fsp3) is 0.154. The van der Waals surface area contributed by atoms with E-state index >= 15 is 0 Å². The van der Waals surface area contributed by atoms with Gasteiger partial charge in [0.1, 0.15) is 17.3 Å². The minimum absolute atomic E-state index is 0.0347.